The smallest absolute Gasteiger partial charge is 0.222 e. The Hall–Kier alpha value is -0.570. The highest BCUT2D eigenvalue weighted by Gasteiger charge is 2.20. The molecule has 1 unspecified atom stereocenters. The van der Waals surface area contributed by atoms with E-state index in [0.717, 1.165) is 32.5 Å². The van der Waals surface area contributed by atoms with Gasteiger partial charge in [0, 0.05) is 25.6 Å². The summed E-state index contributed by atoms with van der Waals surface area (Å²) in [7, 11) is 0. The third kappa shape index (κ3) is 4.20. The monoisotopic (exact) mass is 212 g/mol. The molecule has 0 saturated carbocycles. The van der Waals surface area contributed by atoms with E-state index in [1.54, 1.807) is 0 Å². The van der Waals surface area contributed by atoms with E-state index in [1.165, 1.54) is 12.8 Å². The summed E-state index contributed by atoms with van der Waals surface area (Å²) in [5.41, 5.74) is 0. The number of hydrogen-bond donors (Lipinski definition) is 1. The van der Waals surface area contributed by atoms with Crippen LogP contribution in [0.25, 0.3) is 0 Å². The van der Waals surface area contributed by atoms with E-state index >= 15 is 0 Å². The van der Waals surface area contributed by atoms with Gasteiger partial charge in [-0.2, -0.15) is 0 Å². The molecule has 1 aliphatic rings. The summed E-state index contributed by atoms with van der Waals surface area (Å²) in [6.45, 7) is 7.14. The van der Waals surface area contributed by atoms with Gasteiger partial charge in [0.25, 0.3) is 0 Å². The molecule has 0 aromatic heterocycles. The van der Waals surface area contributed by atoms with Crippen molar-refractivity contribution in [3.05, 3.63) is 0 Å². The van der Waals surface area contributed by atoms with Crippen LogP contribution in [0.2, 0.25) is 0 Å². The fraction of sp³-hybridized carbons (Fsp3) is 0.917. The number of hydrogen-bond acceptors (Lipinski definition) is 2. The van der Waals surface area contributed by atoms with Crippen LogP contribution in [0, 0.1) is 0 Å². The summed E-state index contributed by atoms with van der Waals surface area (Å²) in [5, 5.41) is 3.45. The lowest BCUT2D eigenvalue weighted by Crippen LogP contribution is -2.41. The third-order valence-corrected chi connectivity index (χ3v) is 2.91. The standard InChI is InChI=1S/C12H24N2O/c1-3-6-12(15)14(9-4-2)10-11-7-5-8-13-11/h11,13H,3-10H2,1-2H3. The first-order valence-corrected chi connectivity index (χ1v) is 6.29. The van der Waals surface area contributed by atoms with E-state index in [4.69, 9.17) is 0 Å². The lowest BCUT2D eigenvalue weighted by Gasteiger charge is -2.25. The van der Waals surface area contributed by atoms with Crippen LogP contribution >= 0.6 is 0 Å². The van der Waals surface area contributed by atoms with Crippen molar-refractivity contribution < 1.29 is 4.79 Å². The average Bonchev–Trinajstić information content (AvgIpc) is 2.70. The Morgan fingerprint density at radius 3 is 2.73 bits per heavy atom. The molecule has 0 aromatic rings. The van der Waals surface area contributed by atoms with Crippen LogP contribution in [-0.2, 0) is 4.79 Å². The highest BCUT2D eigenvalue weighted by Crippen LogP contribution is 2.09. The Balaban J connectivity index is 2.37. The largest absolute Gasteiger partial charge is 0.341 e. The second-order valence-electron chi connectivity index (χ2n) is 4.38. The predicted molar refractivity (Wildman–Crippen MR) is 62.8 cm³/mol. The normalized spacial score (nSPS) is 20.5. The Kier molecular flexibility index (Phi) is 5.69. The van der Waals surface area contributed by atoms with Crippen LogP contribution in [-0.4, -0.2) is 36.5 Å². The molecule has 1 aliphatic heterocycles. The maximum absolute atomic E-state index is 11.8. The molecule has 1 saturated heterocycles. The average molecular weight is 212 g/mol. The Morgan fingerprint density at radius 1 is 1.40 bits per heavy atom. The first-order valence-electron chi connectivity index (χ1n) is 6.29. The van der Waals surface area contributed by atoms with Gasteiger partial charge in [-0.25, -0.2) is 0 Å². The van der Waals surface area contributed by atoms with E-state index in [2.05, 4.69) is 19.2 Å². The van der Waals surface area contributed by atoms with Gasteiger partial charge in [-0.1, -0.05) is 13.8 Å². The SMILES string of the molecule is CCCC(=O)N(CCC)CC1CCCN1. The van der Waals surface area contributed by atoms with Crippen molar-refractivity contribution in [2.75, 3.05) is 19.6 Å². The van der Waals surface area contributed by atoms with Gasteiger partial charge in [-0.15, -0.1) is 0 Å². The molecule has 0 aliphatic carbocycles. The molecule has 1 fully saturated rings. The van der Waals surface area contributed by atoms with Crippen LogP contribution in [0.5, 0.6) is 0 Å². The summed E-state index contributed by atoms with van der Waals surface area (Å²) in [6, 6.07) is 0.539. The zero-order valence-corrected chi connectivity index (χ0v) is 10.1. The summed E-state index contributed by atoms with van der Waals surface area (Å²) in [6.07, 6.45) is 5.19. The zero-order chi connectivity index (χ0) is 11.1. The first kappa shape index (κ1) is 12.5. The number of carbonyl (C=O) groups excluding carboxylic acids is 1. The molecule has 88 valence electrons. The van der Waals surface area contributed by atoms with Crippen LogP contribution in [0.15, 0.2) is 0 Å². The van der Waals surface area contributed by atoms with Crippen molar-refractivity contribution in [1.82, 2.24) is 10.2 Å². The van der Waals surface area contributed by atoms with E-state index < -0.39 is 0 Å². The minimum atomic E-state index is 0.327. The van der Waals surface area contributed by atoms with E-state index in [1.807, 2.05) is 4.90 Å². The minimum Gasteiger partial charge on any atom is -0.341 e. The van der Waals surface area contributed by atoms with Gasteiger partial charge < -0.3 is 10.2 Å². The van der Waals surface area contributed by atoms with E-state index in [0.29, 0.717) is 18.4 Å². The summed E-state index contributed by atoms with van der Waals surface area (Å²) < 4.78 is 0. The number of carbonyl (C=O) groups is 1. The Bertz CT molecular complexity index is 188. The fourth-order valence-electron chi connectivity index (χ4n) is 2.14. The first-order chi connectivity index (χ1) is 7.27. The van der Waals surface area contributed by atoms with Gasteiger partial charge in [0.15, 0.2) is 0 Å². The van der Waals surface area contributed by atoms with Gasteiger partial charge >= 0.3 is 0 Å². The van der Waals surface area contributed by atoms with Crippen LogP contribution in [0.1, 0.15) is 46.0 Å². The second kappa shape index (κ2) is 6.83. The van der Waals surface area contributed by atoms with Crippen molar-refractivity contribution >= 4 is 5.91 Å². The van der Waals surface area contributed by atoms with Crippen molar-refractivity contribution in [3.63, 3.8) is 0 Å². The number of nitrogens with zero attached hydrogens (tertiary/aromatic N) is 1. The van der Waals surface area contributed by atoms with E-state index in [-0.39, 0.29) is 0 Å². The van der Waals surface area contributed by atoms with Gasteiger partial charge in [0.2, 0.25) is 5.91 Å². The molecule has 3 heteroatoms. The van der Waals surface area contributed by atoms with Gasteiger partial charge in [-0.05, 0) is 32.2 Å². The molecular formula is C12H24N2O. The van der Waals surface area contributed by atoms with Crippen LogP contribution < -0.4 is 5.32 Å². The number of nitrogens with one attached hydrogen (secondary N) is 1. The third-order valence-electron chi connectivity index (χ3n) is 2.91. The highest BCUT2D eigenvalue weighted by atomic mass is 16.2. The molecule has 0 bridgehead atoms. The van der Waals surface area contributed by atoms with E-state index in [9.17, 15) is 4.79 Å². The highest BCUT2D eigenvalue weighted by molar-refractivity contribution is 5.76. The van der Waals surface area contributed by atoms with Gasteiger partial charge in [-0.3, -0.25) is 4.79 Å². The molecule has 15 heavy (non-hydrogen) atoms. The number of amides is 1. The van der Waals surface area contributed by atoms with Crippen molar-refractivity contribution in [2.45, 2.75) is 52.0 Å². The quantitative estimate of drug-likeness (QED) is 0.728. The topological polar surface area (TPSA) is 32.3 Å². The summed E-state index contributed by atoms with van der Waals surface area (Å²) in [5.74, 6) is 0.327. The molecule has 0 spiro atoms. The van der Waals surface area contributed by atoms with Gasteiger partial charge in [0.05, 0.1) is 0 Å². The summed E-state index contributed by atoms with van der Waals surface area (Å²) >= 11 is 0. The van der Waals surface area contributed by atoms with Crippen molar-refractivity contribution in [3.8, 4) is 0 Å². The molecular weight excluding hydrogens is 188 g/mol. The molecule has 1 N–H and O–H groups in total. The maximum Gasteiger partial charge on any atom is 0.222 e. The van der Waals surface area contributed by atoms with Crippen LogP contribution in [0.4, 0.5) is 0 Å². The minimum absolute atomic E-state index is 0.327. The predicted octanol–water partition coefficient (Wildman–Crippen LogP) is 1.78. The van der Waals surface area contributed by atoms with Crippen LogP contribution in [0.3, 0.4) is 0 Å². The summed E-state index contributed by atoms with van der Waals surface area (Å²) in [4.78, 5) is 13.9. The van der Waals surface area contributed by atoms with Crippen molar-refractivity contribution in [2.24, 2.45) is 0 Å². The Morgan fingerprint density at radius 2 is 2.20 bits per heavy atom. The van der Waals surface area contributed by atoms with Gasteiger partial charge in [0.1, 0.15) is 0 Å². The Labute approximate surface area is 93.2 Å². The molecule has 1 atom stereocenters. The zero-order valence-electron chi connectivity index (χ0n) is 10.1. The molecule has 3 nitrogen and oxygen atoms in total. The lowest BCUT2D eigenvalue weighted by atomic mass is 10.2. The molecule has 0 radical (unpaired) electrons. The number of rotatable bonds is 6. The fourth-order valence-corrected chi connectivity index (χ4v) is 2.14. The van der Waals surface area contributed by atoms with Crippen molar-refractivity contribution in [1.29, 1.82) is 0 Å². The molecule has 1 rings (SSSR count). The lowest BCUT2D eigenvalue weighted by molar-refractivity contribution is -0.131. The molecule has 1 amide bonds. The molecule has 0 aromatic carbocycles. The second-order valence-corrected chi connectivity index (χ2v) is 4.38. The maximum atomic E-state index is 11.8. The molecule has 1 heterocycles.